The van der Waals surface area contributed by atoms with Crippen molar-refractivity contribution in [1.29, 1.82) is 0 Å². The summed E-state index contributed by atoms with van der Waals surface area (Å²) in [4.78, 5) is 3.59. The van der Waals surface area contributed by atoms with E-state index in [-0.39, 0.29) is 0 Å². The lowest BCUT2D eigenvalue weighted by atomic mass is 10.3. The Morgan fingerprint density at radius 3 is 2.21 bits per heavy atom. The van der Waals surface area contributed by atoms with Gasteiger partial charge in [0.05, 0.1) is 0 Å². The minimum Gasteiger partial charge on any atom is -0.375 e. The Morgan fingerprint density at radius 1 is 1.21 bits per heavy atom. The lowest BCUT2D eigenvalue weighted by Gasteiger charge is -2.17. The second-order valence-electron chi connectivity index (χ2n) is 3.67. The molecule has 0 unspecified atom stereocenters. The lowest BCUT2D eigenvalue weighted by Crippen LogP contribution is -2.15. The standard InChI is InChI=1S/C12H19NS/c1-5-13(4)11-6-8-12(9-7-11)14-10(2)3/h6-10H,5H2,1-4H3. The predicted octanol–water partition coefficient (Wildman–Crippen LogP) is 3.64. The number of hydrogen-bond acceptors (Lipinski definition) is 2. The fourth-order valence-electron chi connectivity index (χ4n) is 1.23. The van der Waals surface area contributed by atoms with Crippen molar-refractivity contribution in [2.75, 3.05) is 18.5 Å². The van der Waals surface area contributed by atoms with E-state index < -0.39 is 0 Å². The maximum Gasteiger partial charge on any atom is 0.0364 e. The molecule has 0 N–H and O–H groups in total. The SMILES string of the molecule is CCN(C)c1ccc(SC(C)C)cc1. The Balaban J connectivity index is 2.68. The summed E-state index contributed by atoms with van der Waals surface area (Å²) in [5.74, 6) is 0. The van der Waals surface area contributed by atoms with Gasteiger partial charge in [-0.15, -0.1) is 11.8 Å². The molecular weight excluding hydrogens is 190 g/mol. The molecule has 78 valence electrons. The van der Waals surface area contributed by atoms with Crippen molar-refractivity contribution in [3.05, 3.63) is 24.3 Å². The number of nitrogens with zero attached hydrogens (tertiary/aromatic N) is 1. The van der Waals surface area contributed by atoms with Gasteiger partial charge in [0, 0.05) is 29.4 Å². The molecule has 0 aromatic heterocycles. The molecule has 0 aliphatic rings. The van der Waals surface area contributed by atoms with Gasteiger partial charge in [0.2, 0.25) is 0 Å². The molecule has 0 fully saturated rings. The van der Waals surface area contributed by atoms with Crippen LogP contribution in [0, 0.1) is 0 Å². The maximum absolute atomic E-state index is 2.24. The minimum atomic E-state index is 0.657. The summed E-state index contributed by atoms with van der Waals surface area (Å²) in [6.45, 7) is 7.65. The zero-order valence-electron chi connectivity index (χ0n) is 9.45. The molecule has 0 heterocycles. The van der Waals surface area contributed by atoms with E-state index in [0.717, 1.165) is 6.54 Å². The molecule has 0 radical (unpaired) electrons. The van der Waals surface area contributed by atoms with Gasteiger partial charge < -0.3 is 4.90 Å². The van der Waals surface area contributed by atoms with E-state index in [1.54, 1.807) is 0 Å². The highest BCUT2D eigenvalue weighted by Gasteiger charge is 2.00. The highest BCUT2D eigenvalue weighted by molar-refractivity contribution is 7.99. The topological polar surface area (TPSA) is 3.24 Å². The van der Waals surface area contributed by atoms with Crippen LogP contribution in [-0.4, -0.2) is 18.8 Å². The van der Waals surface area contributed by atoms with Crippen LogP contribution in [0.2, 0.25) is 0 Å². The van der Waals surface area contributed by atoms with Gasteiger partial charge in [-0.05, 0) is 31.2 Å². The number of rotatable bonds is 4. The van der Waals surface area contributed by atoms with Crippen LogP contribution in [0.1, 0.15) is 20.8 Å². The van der Waals surface area contributed by atoms with E-state index in [1.807, 2.05) is 11.8 Å². The van der Waals surface area contributed by atoms with Gasteiger partial charge in [0.15, 0.2) is 0 Å². The second kappa shape index (κ2) is 5.30. The van der Waals surface area contributed by atoms with E-state index in [0.29, 0.717) is 5.25 Å². The maximum atomic E-state index is 2.24. The van der Waals surface area contributed by atoms with Gasteiger partial charge in [0.25, 0.3) is 0 Å². The zero-order chi connectivity index (χ0) is 10.6. The van der Waals surface area contributed by atoms with Crippen LogP contribution in [0.15, 0.2) is 29.2 Å². The van der Waals surface area contributed by atoms with Crippen molar-refractivity contribution in [3.8, 4) is 0 Å². The fourth-order valence-corrected chi connectivity index (χ4v) is 2.07. The Kier molecular flexibility index (Phi) is 4.33. The van der Waals surface area contributed by atoms with E-state index in [1.165, 1.54) is 10.6 Å². The van der Waals surface area contributed by atoms with Gasteiger partial charge in [-0.2, -0.15) is 0 Å². The largest absolute Gasteiger partial charge is 0.375 e. The molecule has 0 aliphatic heterocycles. The summed E-state index contributed by atoms with van der Waals surface area (Å²) in [5.41, 5.74) is 1.29. The highest BCUT2D eigenvalue weighted by atomic mass is 32.2. The lowest BCUT2D eigenvalue weighted by molar-refractivity contribution is 0.966. The van der Waals surface area contributed by atoms with Crippen LogP contribution in [0.25, 0.3) is 0 Å². The third-order valence-corrected chi connectivity index (χ3v) is 3.14. The zero-order valence-corrected chi connectivity index (χ0v) is 10.3. The van der Waals surface area contributed by atoms with Crippen LogP contribution < -0.4 is 4.90 Å². The molecule has 0 atom stereocenters. The van der Waals surface area contributed by atoms with Gasteiger partial charge >= 0.3 is 0 Å². The van der Waals surface area contributed by atoms with Crippen LogP contribution in [0.3, 0.4) is 0 Å². The van der Waals surface area contributed by atoms with Crippen molar-refractivity contribution in [2.45, 2.75) is 30.9 Å². The molecule has 0 bridgehead atoms. The summed E-state index contributed by atoms with van der Waals surface area (Å²) in [7, 11) is 2.12. The minimum absolute atomic E-state index is 0.657. The number of anilines is 1. The van der Waals surface area contributed by atoms with Crippen molar-refractivity contribution in [1.82, 2.24) is 0 Å². The first-order valence-corrected chi connectivity index (χ1v) is 5.99. The summed E-state index contributed by atoms with van der Waals surface area (Å²) < 4.78 is 0. The molecule has 0 amide bonds. The summed E-state index contributed by atoms with van der Waals surface area (Å²) in [6.07, 6.45) is 0. The first kappa shape index (κ1) is 11.4. The molecule has 0 aliphatic carbocycles. The first-order chi connectivity index (χ1) is 6.63. The molecule has 1 nitrogen and oxygen atoms in total. The van der Waals surface area contributed by atoms with Crippen molar-refractivity contribution >= 4 is 17.4 Å². The van der Waals surface area contributed by atoms with Gasteiger partial charge in [0.1, 0.15) is 0 Å². The smallest absolute Gasteiger partial charge is 0.0364 e. The van der Waals surface area contributed by atoms with Gasteiger partial charge in [-0.3, -0.25) is 0 Å². The quantitative estimate of drug-likeness (QED) is 0.696. The Labute approximate surface area is 91.5 Å². The molecule has 0 saturated heterocycles. The first-order valence-electron chi connectivity index (χ1n) is 5.11. The van der Waals surface area contributed by atoms with E-state index in [4.69, 9.17) is 0 Å². The predicted molar refractivity (Wildman–Crippen MR) is 66.4 cm³/mol. The third-order valence-electron chi connectivity index (χ3n) is 2.12. The van der Waals surface area contributed by atoms with Crippen LogP contribution in [0.4, 0.5) is 5.69 Å². The average Bonchev–Trinajstić information content (AvgIpc) is 2.17. The normalized spacial score (nSPS) is 10.6. The molecular formula is C12H19NS. The number of hydrogen-bond donors (Lipinski definition) is 0. The molecule has 14 heavy (non-hydrogen) atoms. The van der Waals surface area contributed by atoms with Crippen molar-refractivity contribution in [3.63, 3.8) is 0 Å². The number of benzene rings is 1. The summed E-state index contributed by atoms with van der Waals surface area (Å²) in [6, 6.07) is 8.78. The molecule has 0 spiro atoms. The monoisotopic (exact) mass is 209 g/mol. The number of thioether (sulfide) groups is 1. The second-order valence-corrected chi connectivity index (χ2v) is 5.32. The Hall–Kier alpha value is -0.630. The van der Waals surface area contributed by atoms with E-state index in [9.17, 15) is 0 Å². The van der Waals surface area contributed by atoms with Crippen LogP contribution in [0.5, 0.6) is 0 Å². The van der Waals surface area contributed by atoms with Crippen molar-refractivity contribution in [2.24, 2.45) is 0 Å². The van der Waals surface area contributed by atoms with Crippen molar-refractivity contribution < 1.29 is 0 Å². The summed E-state index contributed by atoms with van der Waals surface area (Å²) in [5, 5.41) is 0.657. The van der Waals surface area contributed by atoms with E-state index >= 15 is 0 Å². The van der Waals surface area contributed by atoms with Crippen LogP contribution >= 0.6 is 11.8 Å². The van der Waals surface area contributed by atoms with Gasteiger partial charge in [-0.1, -0.05) is 13.8 Å². The fraction of sp³-hybridized carbons (Fsp3) is 0.500. The highest BCUT2D eigenvalue weighted by Crippen LogP contribution is 2.24. The molecule has 0 saturated carbocycles. The molecule has 1 aromatic carbocycles. The Bertz CT molecular complexity index is 266. The van der Waals surface area contributed by atoms with Crippen LogP contribution in [-0.2, 0) is 0 Å². The molecule has 2 heteroatoms. The third kappa shape index (κ3) is 3.26. The molecule has 1 rings (SSSR count). The Morgan fingerprint density at radius 2 is 1.79 bits per heavy atom. The molecule has 1 aromatic rings. The van der Waals surface area contributed by atoms with Gasteiger partial charge in [-0.25, -0.2) is 0 Å². The summed E-state index contributed by atoms with van der Waals surface area (Å²) >= 11 is 1.91. The average molecular weight is 209 g/mol. The van der Waals surface area contributed by atoms with E-state index in [2.05, 4.69) is 57.0 Å².